The highest BCUT2D eigenvalue weighted by Gasteiger charge is 2.33. The van der Waals surface area contributed by atoms with Gasteiger partial charge in [-0.05, 0) is 44.5 Å². The van der Waals surface area contributed by atoms with Crippen molar-refractivity contribution in [1.29, 1.82) is 0 Å². The Labute approximate surface area is 158 Å². The molecular formula is C19H25N5O3. The van der Waals surface area contributed by atoms with Gasteiger partial charge in [0.1, 0.15) is 6.61 Å². The second-order valence-corrected chi connectivity index (χ2v) is 6.82. The summed E-state index contributed by atoms with van der Waals surface area (Å²) in [5.74, 6) is -0.237. The molecule has 1 aliphatic heterocycles. The van der Waals surface area contributed by atoms with Gasteiger partial charge >= 0.3 is 6.03 Å². The molecule has 0 atom stereocenters. The molecule has 0 unspecified atom stereocenters. The number of hydrogen-bond donors (Lipinski definition) is 2. The summed E-state index contributed by atoms with van der Waals surface area (Å²) in [5.41, 5.74) is 4.21. The molecule has 1 aliphatic rings. The van der Waals surface area contributed by atoms with Gasteiger partial charge in [-0.25, -0.2) is 4.79 Å². The normalized spacial score (nSPS) is 14.0. The molecule has 0 spiro atoms. The lowest BCUT2D eigenvalue weighted by Gasteiger charge is -2.39. The summed E-state index contributed by atoms with van der Waals surface area (Å²) in [6, 6.07) is 7.50. The molecule has 1 aromatic carbocycles. The van der Waals surface area contributed by atoms with Crippen molar-refractivity contribution < 1.29 is 14.3 Å². The number of benzene rings is 1. The van der Waals surface area contributed by atoms with Crippen LogP contribution in [-0.2, 0) is 9.53 Å². The first-order valence-electron chi connectivity index (χ1n) is 8.86. The van der Waals surface area contributed by atoms with Gasteiger partial charge in [-0.1, -0.05) is 6.07 Å². The van der Waals surface area contributed by atoms with Gasteiger partial charge in [0.25, 0.3) is 0 Å². The van der Waals surface area contributed by atoms with Gasteiger partial charge in [0.15, 0.2) is 0 Å². The third-order valence-electron chi connectivity index (χ3n) is 4.66. The fraction of sp³-hybridized carbons (Fsp3) is 0.421. The molecule has 2 aromatic rings. The van der Waals surface area contributed by atoms with Crippen LogP contribution in [0.25, 0.3) is 0 Å². The largest absolute Gasteiger partial charge is 0.375 e. The molecule has 0 radical (unpaired) electrons. The van der Waals surface area contributed by atoms with Crippen LogP contribution in [0, 0.1) is 20.8 Å². The van der Waals surface area contributed by atoms with Gasteiger partial charge in [-0.3, -0.25) is 9.48 Å². The Morgan fingerprint density at radius 3 is 2.44 bits per heavy atom. The molecule has 1 saturated heterocycles. The topological polar surface area (TPSA) is 88.5 Å². The second kappa shape index (κ2) is 7.79. The first-order valence-corrected chi connectivity index (χ1v) is 8.86. The second-order valence-electron chi connectivity index (χ2n) is 6.82. The molecular weight excluding hydrogens is 346 g/mol. The molecule has 2 heterocycles. The number of urea groups is 1. The van der Waals surface area contributed by atoms with E-state index >= 15 is 0 Å². The summed E-state index contributed by atoms with van der Waals surface area (Å²) in [6.07, 6.45) is 0. The Balaban J connectivity index is 1.60. The van der Waals surface area contributed by atoms with Crippen molar-refractivity contribution in [3.8, 4) is 0 Å². The maximum atomic E-state index is 12.5. The van der Waals surface area contributed by atoms with Crippen LogP contribution in [0.4, 0.5) is 16.2 Å². The highest BCUT2D eigenvalue weighted by molar-refractivity contribution is 5.96. The van der Waals surface area contributed by atoms with Gasteiger partial charge < -0.3 is 20.3 Å². The first kappa shape index (κ1) is 18.9. The predicted octanol–water partition coefficient (Wildman–Crippen LogP) is 2.48. The minimum absolute atomic E-state index is 0.0164. The third kappa shape index (κ3) is 4.11. The van der Waals surface area contributed by atoms with Crippen molar-refractivity contribution in [2.75, 3.05) is 37.4 Å². The minimum Gasteiger partial charge on any atom is -0.375 e. The van der Waals surface area contributed by atoms with Crippen molar-refractivity contribution in [2.24, 2.45) is 0 Å². The summed E-state index contributed by atoms with van der Waals surface area (Å²) >= 11 is 0. The zero-order valence-electron chi connectivity index (χ0n) is 16.1. The Hall–Kier alpha value is -2.87. The van der Waals surface area contributed by atoms with E-state index in [1.807, 2.05) is 37.6 Å². The van der Waals surface area contributed by atoms with E-state index in [0.29, 0.717) is 24.5 Å². The maximum absolute atomic E-state index is 12.5. The smallest absolute Gasteiger partial charge is 0.321 e. The highest BCUT2D eigenvalue weighted by atomic mass is 16.5. The molecule has 1 fully saturated rings. The van der Waals surface area contributed by atoms with Gasteiger partial charge in [-0.2, -0.15) is 5.10 Å². The van der Waals surface area contributed by atoms with Crippen LogP contribution in [0.3, 0.4) is 0 Å². The number of likely N-dealkylation sites (tertiary alicyclic amines) is 1. The fourth-order valence-electron chi connectivity index (χ4n) is 3.21. The molecule has 144 valence electrons. The molecule has 0 aliphatic carbocycles. The van der Waals surface area contributed by atoms with Crippen molar-refractivity contribution in [3.63, 3.8) is 0 Å². The van der Waals surface area contributed by atoms with Crippen LogP contribution in [0.1, 0.15) is 23.0 Å². The van der Waals surface area contributed by atoms with E-state index in [0.717, 1.165) is 17.0 Å². The number of carbonyl (C=O) groups is 2. The number of carbonyl (C=O) groups excluding carboxylic acids is 2. The number of nitrogens with one attached hydrogen (secondary N) is 2. The Morgan fingerprint density at radius 2 is 1.85 bits per heavy atom. The van der Waals surface area contributed by atoms with Crippen LogP contribution in [-0.4, -0.2) is 53.4 Å². The zero-order valence-corrected chi connectivity index (χ0v) is 16.1. The Bertz CT molecular complexity index is 855. The number of nitrogens with zero attached hydrogens (tertiary/aromatic N) is 3. The average Bonchev–Trinajstić information content (AvgIpc) is 2.88. The van der Waals surface area contributed by atoms with Gasteiger partial charge in [0, 0.05) is 37.3 Å². The lowest BCUT2D eigenvalue weighted by Crippen LogP contribution is -2.52. The van der Waals surface area contributed by atoms with Gasteiger partial charge in [0.05, 0.1) is 11.7 Å². The zero-order chi connectivity index (χ0) is 19.6. The quantitative estimate of drug-likeness (QED) is 0.845. The molecule has 3 rings (SSSR count). The minimum atomic E-state index is -0.237. The number of anilines is 2. The van der Waals surface area contributed by atoms with Crippen molar-refractivity contribution >= 4 is 23.3 Å². The van der Waals surface area contributed by atoms with Crippen molar-refractivity contribution in [2.45, 2.75) is 26.8 Å². The monoisotopic (exact) mass is 371 g/mol. The van der Waals surface area contributed by atoms with E-state index < -0.39 is 0 Å². The number of rotatable bonds is 5. The average molecular weight is 371 g/mol. The molecule has 1 aromatic heterocycles. The summed E-state index contributed by atoms with van der Waals surface area (Å²) in [5, 5.41) is 10.2. The molecule has 0 bridgehead atoms. The predicted molar refractivity (Wildman–Crippen MR) is 103 cm³/mol. The summed E-state index contributed by atoms with van der Waals surface area (Å²) in [6.45, 7) is 7.07. The number of hydrogen-bond acceptors (Lipinski definition) is 4. The standard InChI is InChI=1S/C19H25N5O3/c1-12-8-13(2)24(22-12)15-9-23(10-15)19(26)21-17-7-5-6-16(14(17)3)20-18(25)11-27-4/h5-8,15H,9-11H2,1-4H3,(H,20,25)(H,21,26). The Kier molecular flexibility index (Phi) is 5.46. The van der Waals surface area contributed by atoms with Crippen molar-refractivity contribution in [3.05, 3.63) is 41.2 Å². The molecule has 0 saturated carbocycles. The lowest BCUT2D eigenvalue weighted by atomic mass is 10.1. The SMILES string of the molecule is COCC(=O)Nc1cccc(NC(=O)N2CC(n3nc(C)cc3C)C2)c1C. The molecule has 3 amide bonds. The van der Waals surface area contributed by atoms with E-state index in [9.17, 15) is 9.59 Å². The molecule has 2 N–H and O–H groups in total. The summed E-state index contributed by atoms with van der Waals surface area (Å²) in [7, 11) is 1.47. The molecule has 8 nitrogen and oxygen atoms in total. The van der Waals surface area contributed by atoms with Crippen LogP contribution in [0.2, 0.25) is 0 Å². The maximum Gasteiger partial charge on any atom is 0.321 e. The van der Waals surface area contributed by atoms with Gasteiger partial charge in [0.2, 0.25) is 5.91 Å². The highest BCUT2D eigenvalue weighted by Crippen LogP contribution is 2.26. The molecule has 8 heteroatoms. The van der Waals surface area contributed by atoms with E-state index in [-0.39, 0.29) is 24.6 Å². The van der Waals surface area contributed by atoms with Crippen LogP contribution in [0.15, 0.2) is 24.3 Å². The number of methoxy groups -OCH3 is 1. The fourth-order valence-corrected chi connectivity index (χ4v) is 3.21. The number of amides is 3. The summed E-state index contributed by atoms with van der Waals surface area (Å²) < 4.78 is 6.81. The van der Waals surface area contributed by atoms with E-state index in [1.54, 1.807) is 17.0 Å². The van der Waals surface area contributed by atoms with Crippen molar-refractivity contribution in [1.82, 2.24) is 14.7 Å². The molecule has 27 heavy (non-hydrogen) atoms. The van der Waals surface area contributed by atoms with Crippen LogP contribution < -0.4 is 10.6 Å². The Morgan fingerprint density at radius 1 is 1.19 bits per heavy atom. The van der Waals surface area contributed by atoms with Crippen LogP contribution >= 0.6 is 0 Å². The van der Waals surface area contributed by atoms with Crippen LogP contribution in [0.5, 0.6) is 0 Å². The summed E-state index contributed by atoms with van der Waals surface area (Å²) in [4.78, 5) is 26.0. The van der Waals surface area contributed by atoms with E-state index in [1.165, 1.54) is 7.11 Å². The number of ether oxygens (including phenoxy) is 1. The number of aromatic nitrogens is 2. The van der Waals surface area contributed by atoms with Gasteiger partial charge in [-0.15, -0.1) is 0 Å². The third-order valence-corrected chi connectivity index (χ3v) is 4.66. The first-order chi connectivity index (χ1) is 12.9. The lowest BCUT2D eigenvalue weighted by molar-refractivity contribution is -0.119. The van der Waals surface area contributed by atoms with E-state index in [4.69, 9.17) is 4.74 Å². The van der Waals surface area contributed by atoms with E-state index in [2.05, 4.69) is 15.7 Å². The number of aryl methyl sites for hydroxylation is 2.